The van der Waals surface area contributed by atoms with E-state index in [9.17, 15) is 4.79 Å². The number of fused-ring (bicyclic) bond motifs is 1. The van der Waals surface area contributed by atoms with Gasteiger partial charge in [0.25, 0.3) is 5.91 Å². The van der Waals surface area contributed by atoms with Crippen LogP contribution in [0, 0.1) is 13.8 Å². The standard InChI is InChI=1S/C23H21N3O2S/c1-14-6-4-7-18(12-14)28-16(3)21(27)25-19-10-9-17(13-15(19)2)22-26-20-8-5-11-24-23(20)29-22/h4-13,16H,1-3H3,(H,25,27). The molecule has 4 aromatic rings. The van der Waals surface area contributed by atoms with E-state index in [1.165, 1.54) is 0 Å². The van der Waals surface area contributed by atoms with Crippen molar-refractivity contribution in [2.24, 2.45) is 0 Å². The second-order valence-electron chi connectivity index (χ2n) is 6.94. The van der Waals surface area contributed by atoms with Crippen molar-refractivity contribution in [2.45, 2.75) is 26.9 Å². The van der Waals surface area contributed by atoms with E-state index in [1.54, 1.807) is 24.5 Å². The third kappa shape index (κ3) is 4.27. The number of hydrogen-bond acceptors (Lipinski definition) is 5. The van der Waals surface area contributed by atoms with Gasteiger partial charge in [-0.15, -0.1) is 0 Å². The molecule has 1 unspecified atom stereocenters. The Labute approximate surface area is 173 Å². The fraction of sp³-hybridized carbons (Fsp3) is 0.174. The van der Waals surface area contributed by atoms with Gasteiger partial charge in [-0.3, -0.25) is 4.79 Å². The Morgan fingerprint density at radius 1 is 1.10 bits per heavy atom. The molecule has 0 aliphatic carbocycles. The van der Waals surface area contributed by atoms with Gasteiger partial charge in [-0.25, -0.2) is 9.97 Å². The van der Waals surface area contributed by atoms with Gasteiger partial charge in [0.15, 0.2) is 6.10 Å². The predicted molar refractivity (Wildman–Crippen MR) is 117 cm³/mol. The lowest BCUT2D eigenvalue weighted by molar-refractivity contribution is -0.122. The molecule has 1 atom stereocenters. The third-order valence-corrected chi connectivity index (χ3v) is 5.60. The maximum atomic E-state index is 12.6. The first-order valence-corrected chi connectivity index (χ1v) is 10.2. The Kier molecular flexibility index (Phi) is 5.27. The molecule has 0 spiro atoms. The quantitative estimate of drug-likeness (QED) is 0.486. The first-order valence-electron chi connectivity index (χ1n) is 9.36. The summed E-state index contributed by atoms with van der Waals surface area (Å²) in [7, 11) is 0. The number of carbonyl (C=O) groups excluding carboxylic acids is 1. The minimum atomic E-state index is -0.605. The van der Waals surface area contributed by atoms with E-state index in [2.05, 4.69) is 15.3 Å². The van der Waals surface area contributed by atoms with Crippen molar-refractivity contribution < 1.29 is 9.53 Å². The SMILES string of the molecule is Cc1cccc(OC(C)C(=O)Nc2ccc(-c3nc4cccnc4s3)cc2C)c1. The molecule has 0 saturated carbocycles. The Hall–Kier alpha value is -3.25. The second-order valence-corrected chi connectivity index (χ2v) is 7.92. The van der Waals surface area contributed by atoms with Crippen LogP contribution >= 0.6 is 11.3 Å². The number of nitrogens with one attached hydrogen (secondary N) is 1. The van der Waals surface area contributed by atoms with E-state index in [0.717, 1.165) is 37.7 Å². The van der Waals surface area contributed by atoms with Gasteiger partial charge in [0.1, 0.15) is 21.1 Å². The van der Waals surface area contributed by atoms with Crippen molar-refractivity contribution >= 4 is 33.3 Å². The van der Waals surface area contributed by atoms with Crippen LogP contribution in [0.15, 0.2) is 60.8 Å². The summed E-state index contributed by atoms with van der Waals surface area (Å²) in [6.45, 7) is 5.70. The highest BCUT2D eigenvalue weighted by Gasteiger charge is 2.16. The molecule has 0 saturated heterocycles. The van der Waals surface area contributed by atoms with E-state index >= 15 is 0 Å². The molecule has 146 valence electrons. The lowest BCUT2D eigenvalue weighted by Gasteiger charge is -2.16. The molecule has 0 aliphatic heterocycles. The fourth-order valence-corrected chi connectivity index (χ4v) is 3.91. The van der Waals surface area contributed by atoms with Gasteiger partial charge < -0.3 is 10.1 Å². The van der Waals surface area contributed by atoms with E-state index in [0.29, 0.717) is 5.75 Å². The Bertz CT molecular complexity index is 1150. The molecule has 1 N–H and O–H groups in total. The second kappa shape index (κ2) is 8.01. The first-order chi connectivity index (χ1) is 14.0. The number of carbonyl (C=O) groups is 1. The fourth-order valence-electron chi connectivity index (χ4n) is 3.01. The normalized spacial score (nSPS) is 12.0. The first kappa shape index (κ1) is 19.1. The minimum Gasteiger partial charge on any atom is -0.481 e. The Balaban J connectivity index is 1.48. The largest absolute Gasteiger partial charge is 0.481 e. The average Bonchev–Trinajstić information content (AvgIpc) is 3.13. The molecular formula is C23H21N3O2S. The lowest BCUT2D eigenvalue weighted by atomic mass is 10.1. The van der Waals surface area contributed by atoms with Crippen LogP contribution in [0.3, 0.4) is 0 Å². The molecule has 4 rings (SSSR count). The number of aryl methyl sites for hydroxylation is 2. The summed E-state index contributed by atoms with van der Waals surface area (Å²) in [5.74, 6) is 0.496. The molecule has 2 aromatic carbocycles. The maximum Gasteiger partial charge on any atom is 0.265 e. The highest BCUT2D eigenvalue weighted by atomic mass is 32.1. The molecule has 0 fully saturated rings. The van der Waals surface area contributed by atoms with Gasteiger partial charge >= 0.3 is 0 Å². The minimum absolute atomic E-state index is 0.188. The number of ether oxygens (including phenoxy) is 1. The predicted octanol–water partition coefficient (Wildman–Crippen LogP) is 5.38. The topological polar surface area (TPSA) is 64.1 Å². The zero-order chi connectivity index (χ0) is 20.4. The van der Waals surface area contributed by atoms with E-state index < -0.39 is 6.10 Å². The van der Waals surface area contributed by atoms with Crippen LogP contribution in [0.4, 0.5) is 5.69 Å². The Morgan fingerprint density at radius 3 is 2.72 bits per heavy atom. The van der Waals surface area contributed by atoms with Crippen molar-refractivity contribution in [3.8, 4) is 16.3 Å². The molecule has 29 heavy (non-hydrogen) atoms. The summed E-state index contributed by atoms with van der Waals surface area (Å²) >= 11 is 1.56. The van der Waals surface area contributed by atoms with Gasteiger partial charge in [0.2, 0.25) is 0 Å². The van der Waals surface area contributed by atoms with Crippen molar-refractivity contribution in [1.82, 2.24) is 9.97 Å². The number of rotatable bonds is 5. The van der Waals surface area contributed by atoms with Crippen LogP contribution in [0.25, 0.3) is 20.9 Å². The number of pyridine rings is 1. The van der Waals surface area contributed by atoms with Crippen LogP contribution in [0.5, 0.6) is 5.75 Å². The molecular weight excluding hydrogens is 382 g/mol. The number of amides is 1. The van der Waals surface area contributed by atoms with Gasteiger partial charge in [0.05, 0.1) is 0 Å². The number of hydrogen-bond donors (Lipinski definition) is 1. The number of aromatic nitrogens is 2. The zero-order valence-electron chi connectivity index (χ0n) is 16.5. The van der Waals surface area contributed by atoms with Crippen molar-refractivity contribution in [2.75, 3.05) is 5.32 Å². The molecule has 0 aliphatic rings. The van der Waals surface area contributed by atoms with Crippen molar-refractivity contribution in [3.05, 3.63) is 71.9 Å². The van der Waals surface area contributed by atoms with Crippen molar-refractivity contribution in [3.63, 3.8) is 0 Å². The molecule has 0 bridgehead atoms. The van der Waals surface area contributed by atoms with Crippen LogP contribution in [-0.4, -0.2) is 22.0 Å². The zero-order valence-corrected chi connectivity index (χ0v) is 17.3. The third-order valence-electron chi connectivity index (χ3n) is 4.57. The number of benzene rings is 2. The average molecular weight is 404 g/mol. The molecule has 6 heteroatoms. The number of nitrogens with zero attached hydrogens (tertiary/aromatic N) is 2. The van der Waals surface area contributed by atoms with Gasteiger partial charge in [-0.05, 0) is 74.4 Å². The smallest absolute Gasteiger partial charge is 0.265 e. The van der Waals surface area contributed by atoms with Crippen LogP contribution in [0.1, 0.15) is 18.1 Å². The molecule has 2 aromatic heterocycles. The van der Waals surface area contributed by atoms with E-state index in [1.807, 2.05) is 68.4 Å². The molecule has 1 amide bonds. The van der Waals surface area contributed by atoms with Gasteiger partial charge in [0, 0.05) is 17.4 Å². The monoisotopic (exact) mass is 403 g/mol. The van der Waals surface area contributed by atoms with E-state index in [-0.39, 0.29) is 5.91 Å². The maximum absolute atomic E-state index is 12.6. The number of anilines is 1. The van der Waals surface area contributed by atoms with Gasteiger partial charge in [-0.1, -0.05) is 23.5 Å². The van der Waals surface area contributed by atoms with E-state index in [4.69, 9.17) is 4.74 Å². The van der Waals surface area contributed by atoms with Crippen LogP contribution < -0.4 is 10.1 Å². The molecule has 5 nitrogen and oxygen atoms in total. The Morgan fingerprint density at radius 2 is 1.97 bits per heavy atom. The van der Waals surface area contributed by atoms with Crippen LogP contribution in [-0.2, 0) is 4.79 Å². The van der Waals surface area contributed by atoms with Gasteiger partial charge in [-0.2, -0.15) is 0 Å². The molecule has 2 heterocycles. The summed E-state index contributed by atoms with van der Waals surface area (Å²) in [6, 6.07) is 17.4. The summed E-state index contributed by atoms with van der Waals surface area (Å²) in [5.41, 5.74) is 4.72. The summed E-state index contributed by atoms with van der Waals surface area (Å²) in [5, 5.41) is 3.87. The number of thiazole rings is 1. The summed E-state index contributed by atoms with van der Waals surface area (Å²) < 4.78 is 5.77. The van der Waals surface area contributed by atoms with Crippen LogP contribution in [0.2, 0.25) is 0 Å². The summed E-state index contributed by atoms with van der Waals surface area (Å²) in [6.07, 6.45) is 1.17. The lowest BCUT2D eigenvalue weighted by Crippen LogP contribution is -2.30. The highest BCUT2D eigenvalue weighted by molar-refractivity contribution is 7.21. The highest BCUT2D eigenvalue weighted by Crippen LogP contribution is 2.31. The summed E-state index contributed by atoms with van der Waals surface area (Å²) in [4.78, 5) is 22.5. The molecule has 0 radical (unpaired) electrons. The van der Waals surface area contributed by atoms with Crippen molar-refractivity contribution in [1.29, 1.82) is 0 Å².